The molecular formula is C26H17BrN4O2. The average molecular weight is 497 g/mol. The SMILES string of the molecule is O=C(Nc1ccc(Oc2nc(-c3cccnc3)nc3ccccc23)cc1)c1ccccc1Br. The Morgan fingerprint density at radius 1 is 0.848 bits per heavy atom. The first-order valence-corrected chi connectivity index (χ1v) is 11.0. The normalized spacial score (nSPS) is 10.7. The molecule has 0 unspecified atom stereocenters. The Bertz CT molecular complexity index is 1440. The summed E-state index contributed by atoms with van der Waals surface area (Å²) in [6.07, 6.45) is 3.43. The predicted octanol–water partition coefficient (Wildman–Crippen LogP) is 6.50. The summed E-state index contributed by atoms with van der Waals surface area (Å²) in [6.45, 7) is 0. The molecule has 0 spiro atoms. The molecule has 7 heteroatoms. The molecule has 6 nitrogen and oxygen atoms in total. The van der Waals surface area contributed by atoms with E-state index >= 15 is 0 Å². The molecule has 2 aromatic heterocycles. The third-order valence-corrected chi connectivity index (χ3v) is 5.62. The third kappa shape index (κ3) is 4.58. The number of aromatic nitrogens is 3. The molecule has 0 atom stereocenters. The number of amides is 1. The maximum absolute atomic E-state index is 12.5. The second-order valence-electron chi connectivity index (χ2n) is 7.17. The minimum Gasteiger partial charge on any atom is -0.438 e. The van der Waals surface area contributed by atoms with Crippen LogP contribution in [0.15, 0.2) is 102 Å². The molecule has 160 valence electrons. The summed E-state index contributed by atoms with van der Waals surface area (Å²) in [4.78, 5) is 26.0. The van der Waals surface area contributed by atoms with E-state index in [0.717, 1.165) is 20.9 Å². The summed E-state index contributed by atoms with van der Waals surface area (Å²) in [5, 5.41) is 3.70. The van der Waals surface area contributed by atoms with Crippen LogP contribution in [0.1, 0.15) is 10.4 Å². The fraction of sp³-hybridized carbons (Fsp3) is 0. The van der Waals surface area contributed by atoms with E-state index in [4.69, 9.17) is 4.74 Å². The van der Waals surface area contributed by atoms with Gasteiger partial charge in [0.2, 0.25) is 5.88 Å². The largest absolute Gasteiger partial charge is 0.438 e. The van der Waals surface area contributed by atoms with E-state index in [1.54, 1.807) is 42.7 Å². The number of nitrogens with one attached hydrogen (secondary N) is 1. The van der Waals surface area contributed by atoms with E-state index in [1.165, 1.54) is 0 Å². The lowest BCUT2D eigenvalue weighted by Gasteiger charge is -2.11. The number of rotatable bonds is 5. The molecule has 0 saturated heterocycles. The van der Waals surface area contributed by atoms with Crippen molar-refractivity contribution in [3.8, 4) is 23.0 Å². The van der Waals surface area contributed by atoms with Crippen molar-refractivity contribution in [3.63, 3.8) is 0 Å². The molecule has 0 aliphatic heterocycles. The molecule has 1 amide bonds. The second kappa shape index (κ2) is 9.18. The Morgan fingerprint density at radius 3 is 2.42 bits per heavy atom. The van der Waals surface area contributed by atoms with Gasteiger partial charge in [0.1, 0.15) is 5.75 Å². The van der Waals surface area contributed by atoms with Crippen LogP contribution in [-0.2, 0) is 0 Å². The highest BCUT2D eigenvalue weighted by Gasteiger charge is 2.13. The Morgan fingerprint density at radius 2 is 1.64 bits per heavy atom. The maximum Gasteiger partial charge on any atom is 0.256 e. The van der Waals surface area contributed by atoms with E-state index < -0.39 is 0 Å². The fourth-order valence-electron chi connectivity index (χ4n) is 3.31. The molecule has 0 aliphatic rings. The minimum absolute atomic E-state index is 0.195. The predicted molar refractivity (Wildman–Crippen MR) is 131 cm³/mol. The van der Waals surface area contributed by atoms with Crippen LogP contribution in [0, 0.1) is 0 Å². The number of pyridine rings is 1. The van der Waals surface area contributed by atoms with Gasteiger partial charge in [0.05, 0.1) is 16.5 Å². The Hall–Kier alpha value is -4.10. The van der Waals surface area contributed by atoms with Gasteiger partial charge in [0.15, 0.2) is 5.82 Å². The van der Waals surface area contributed by atoms with Crippen LogP contribution in [0.4, 0.5) is 5.69 Å². The van der Waals surface area contributed by atoms with Gasteiger partial charge in [-0.2, -0.15) is 4.98 Å². The highest BCUT2D eigenvalue weighted by Crippen LogP contribution is 2.30. The zero-order chi connectivity index (χ0) is 22.6. The van der Waals surface area contributed by atoms with Crippen molar-refractivity contribution < 1.29 is 9.53 Å². The first-order chi connectivity index (χ1) is 16.2. The summed E-state index contributed by atoms with van der Waals surface area (Å²) < 4.78 is 6.86. The highest BCUT2D eigenvalue weighted by molar-refractivity contribution is 9.10. The number of halogens is 1. The summed E-state index contributed by atoms with van der Waals surface area (Å²) in [5.74, 6) is 1.38. The molecule has 1 N–H and O–H groups in total. The quantitative estimate of drug-likeness (QED) is 0.300. The lowest BCUT2D eigenvalue weighted by Crippen LogP contribution is -2.12. The van der Waals surface area contributed by atoms with Crippen LogP contribution in [0.25, 0.3) is 22.3 Å². The maximum atomic E-state index is 12.5. The average Bonchev–Trinajstić information content (AvgIpc) is 2.86. The highest BCUT2D eigenvalue weighted by atomic mass is 79.9. The van der Waals surface area contributed by atoms with Crippen LogP contribution in [-0.4, -0.2) is 20.9 Å². The van der Waals surface area contributed by atoms with Gasteiger partial charge in [-0.1, -0.05) is 24.3 Å². The number of hydrogen-bond acceptors (Lipinski definition) is 5. The monoisotopic (exact) mass is 496 g/mol. The first-order valence-electron chi connectivity index (χ1n) is 10.2. The summed E-state index contributed by atoms with van der Waals surface area (Å²) in [5.41, 5.74) is 2.80. The number of hydrogen-bond donors (Lipinski definition) is 1. The minimum atomic E-state index is -0.195. The molecule has 5 aromatic rings. The van der Waals surface area contributed by atoms with Crippen molar-refractivity contribution in [1.82, 2.24) is 15.0 Å². The molecule has 0 radical (unpaired) electrons. The molecular weight excluding hydrogens is 480 g/mol. The standard InChI is InChI=1S/C26H17BrN4O2/c27-22-9-3-1-7-20(22)25(32)29-18-11-13-19(14-12-18)33-26-21-8-2-4-10-23(21)30-24(31-26)17-6-5-15-28-16-17/h1-16H,(H,29,32). The van der Waals surface area contributed by atoms with Gasteiger partial charge >= 0.3 is 0 Å². The smallest absolute Gasteiger partial charge is 0.256 e. The third-order valence-electron chi connectivity index (χ3n) is 4.93. The number of carbonyl (C=O) groups excluding carboxylic acids is 1. The van der Waals surface area contributed by atoms with Crippen LogP contribution < -0.4 is 10.1 Å². The van der Waals surface area contributed by atoms with Gasteiger partial charge < -0.3 is 10.1 Å². The zero-order valence-electron chi connectivity index (χ0n) is 17.3. The number of ether oxygens (including phenoxy) is 1. The van der Waals surface area contributed by atoms with Gasteiger partial charge in [-0.15, -0.1) is 0 Å². The van der Waals surface area contributed by atoms with Gasteiger partial charge in [-0.25, -0.2) is 4.98 Å². The lowest BCUT2D eigenvalue weighted by atomic mass is 10.2. The Labute approximate surface area is 198 Å². The molecule has 5 rings (SSSR count). The molecule has 0 fully saturated rings. The molecule has 33 heavy (non-hydrogen) atoms. The molecule has 0 aliphatic carbocycles. The summed E-state index contributed by atoms with van der Waals surface area (Å²) in [6, 6.07) is 25.9. The van der Waals surface area contributed by atoms with Crippen LogP contribution in [0.2, 0.25) is 0 Å². The fourth-order valence-corrected chi connectivity index (χ4v) is 3.78. The van der Waals surface area contributed by atoms with Crippen molar-refractivity contribution in [2.24, 2.45) is 0 Å². The van der Waals surface area contributed by atoms with E-state index in [9.17, 15) is 4.79 Å². The van der Waals surface area contributed by atoms with E-state index in [1.807, 2.05) is 54.6 Å². The molecule has 0 bridgehead atoms. The number of benzene rings is 3. The number of anilines is 1. The lowest BCUT2D eigenvalue weighted by molar-refractivity contribution is 0.102. The van der Waals surface area contributed by atoms with Gasteiger partial charge in [0, 0.05) is 28.1 Å². The van der Waals surface area contributed by atoms with E-state index in [-0.39, 0.29) is 5.91 Å². The van der Waals surface area contributed by atoms with Gasteiger partial charge in [0.25, 0.3) is 5.91 Å². The summed E-state index contributed by atoms with van der Waals surface area (Å²) >= 11 is 3.40. The van der Waals surface area contributed by atoms with Gasteiger partial charge in [-0.3, -0.25) is 9.78 Å². The van der Waals surface area contributed by atoms with Crippen molar-refractivity contribution in [2.45, 2.75) is 0 Å². The van der Waals surface area contributed by atoms with Crippen molar-refractivity contribution in [3.05, 3.63) is 107 Å². The Balaban J connectivity index is 1.41. The summed E-state index contributed by atoms with van der Waals surface area (Å²) in [7, 11) is 0. The second-order valence-corrected chi connectivity index (χ2v) is 8.03. The Kier molecular flexibility index (Phi) is 5.78. The van der Waals surface area contributed by atoms with Crippen LogP contribution >= 0.6 is 15.9 Å². The van der Waals surface area contributed by atoms with Crippen LogP contribution in [0.5, 0.6) is 11.6 Å². The topological polar surface area (TPSA) is 77.0 Å². The number of fused-ring (bicyclic) bond motifs is 1. The zero-order valence-corrected chi connectivity index (χ0v) is 18.9. The first kappa shape index (κ1) is 20.8. The molecule has 3 aromatic carbocycles. The van der Waals surface area contributed by atoms with Gasteiger partial charge in [-0.05, 0) is 76.6 Å². The number of nitrogens with zero attached hydrogens (tertiary/aromatic N) is 3. The molecule has 0 saturated carbocycles. The number of para-hydroxylation sites is 1. The van der Waals surface area contributed by atoms with E-state index in [0.29, 0.717) is 28.7 Å². The van der Waals surface area contributed by atoms with Crippen molar-refractivity contribution >= 4 is 38.4 Å². The van der Waals surface area contributed by atoms with Crippen molar-refractivity contribution in [2.75, 3.05) is 5.32 Å². The molecule has 2 heterocycles. The number of carbonyl (C=O) groups is 1. The van der Waals surface area contributed by atoms with E-state index in [2.05, 4.69) is 36.2 Å². The van der Waals surface area contributed by atoms with Crippen molar-refractivity contribution in [1.29, 1.82) is 0 Å². The van der Waals surface area contributed by atoms with Crippen LogP contribution in [0.3, 0.4) is 0 Å².